The fraction of sp³-hybridized carbons (Fsp3) is 0.911. The van der Waals surface area contributed by atoms with Gasteiger partial charge in [0.25, 0.3) is 0 Å². The van der Waals surface area contributed by atoms with Crippen LogP contribution in [-0.2, 0) is 33.3 Å². The summed E-state index contributed by atoms with van der Waals surface area (Å²) >= 11 is 0. The summed E-state index contributed by atoms with van der Waals surface area (Å²) in [4.78, 5) is 24.8. The number of hydrogen-bond donors (Lipinski definition) is 6. The second-order valence-corrected chi connectivity index (χ2v) is 17.0. The summed E-state index contributed by atoms with van der Waals surface area (Å²) in [5, 5.41) is 63.3. The molecule has 58 heavy (non-hydrogen) atoms. The Hall–Kier alpha value is -1.68. The molecule has 13 nitrogen and oxygen atoms in total. The van der Waals surface area contributed by atoms with Crippen molar-refractivity contribution in [1.82, 2.24) is 0 Å². The van der Waals surface area contributed by atoms with E-state index in [4.69, 9.17) is 23.7 Å². The fourth-order valence-electron chi connectivity index (χ4n) is 7.36. The van der Waals surface area contributed by atoms with Crippen molar-refractivity contribution in [1.29, 1.82) is 0 Å². The van der Waals surface area contributed by atoms with Gasteiger partial charge in [0.1, 0.15) is 62.0 Å². The van der Waals surface area contributed by atoms with Crippen molar-refractivity contribution in [3.8, 4) is 0 Å². The van der Waals surface area contributed by atoms with E-state index < -0.39 is 86.6 Å². The molecule has 6 unspecified atom stereocenters. The molecule has 2 saturated heterocycles. The summed E-state index contributed by atoms with van der Waals surface area (Å²) in [5.41, 5.74) is 0. The topological polar surface area (TPSA) is 202 Å². The van der Waals surface area contributed by atoms with Crippen LogP contribution in [-0.4, -0.2) is 117 Å². The molecule has 0 aromatic heterocycles. The van der Waals surface area contributed by atoms with Crippen LogP contribution >= 0.6 is 0 Å². The fourth-order valence-corrected chi connectivity index (χ4v) is 7.36. The van der Waals surface area contributed by atoms with Crippen molar-refractivity contribution in [2.45, 2.75) is 243 Å². The summed E-state index contributed by atoms with van der Waals surface area (Å²) in [7, 11) is 0. The molecular formula is C45H82O13. The molecule has 0 saturated carbocycles. The van der Waals surface area contributed by atoms with E-state index in [2.05, 4.69) is 32.9 Å². The lowest BCUT2D eigenvalue weighted by atomic mass is 9.98. The third-order valence-corrected chi connectivity index (χ3v) is 11.2. The number of carbonyl (C=O) groups is 2. The summed E-state index contributed by atoms with van der Waals surface area (Å²) < 4.78 is 27.5. The van der Waals surface area contributed by atoms with E-state index in [0.717, 1.165) is 63.7 Å². The van der Waals surface area contributed by atoms with E-state index in [9.17, 15) is 40.2 Å². The van der Waals surface area contributed by atoms with Gasteiger partial charge >= 0.3 is 11.9 Å². The molecule has 0 amide bonds. The first-order chi connectivity index (χ1) is 28.0. The second-order valence-electron chi connectivity index (χ2n) is 17.0. The Morgan fingerprint density at radius 2 is 0.862 bits per heavy atom. The maximum atomic E-state index is 12.4. The molecule has 6 N–H and O–H groups in total. The predicted molar refractivity (Wildman–Crippen MR) is 221 cm³/mol. The quantitative estimate of drug-likeness (QED) is 0.0232. The highest BCUT2D eigenvalue weighted by Gasteiger charge is 2.50. The van der Waals surface area contributed by atoms with Gasteiger partial charge in [-0.05, 0) is 44.4 Å². The molecule has 2 aliphatic heterocycles. The van der Waals surface area contributed by atoms with E-state index in [1.54, 1.807) is 0 Å². The number of allylic oxidation sites excluding steroid dienone is 2. The summed E-state index contributed by atoms with van der Waals surface area (Å²) in [6.07, 6.45) is 14.7. The van der Waals surface area contributed by atoms with Gasteiger partial charge in [0, 0.05) is 12.8 Å². The van der Waals surface area contributed by atoms with Crippen molar-refractivity contribution in [3.05, 3.63) is 12.2 Å². The molecule has 13 heteroatoms. The highest BCUT2D eigenvalue weighted by Crippen LogP contribution is 2.29. The van der Waals surface area contributed by atoms with Gasteiger partial charge in [-0.2, -0.15) is 0 Å². The lowest BCUT2D eigenvalue weighted by molar-refractivity contribution is -0.376. The zero-order chi connectivity index (χ0) is 42.5. The Morgan fingerprint density at radius 3 is 1.26 bits per heavy atom. The molecule has 2 aliphatic rings. The number of unbranched alkanes of at least 4 members (excludes halogenated alkanes) is 19. The molecule has 2 heterocycles. The zero-order valence-electron chi connectivity index (χ0n) is 36.1. The largest absolute Gasteiger partial charge is 0.463 e. The van der Waals surface area contributed by atoms with E-state index in [0.29, 0.717) is 12.8 Å². The predicted octanol–water partition coefficient (Wildman–Crippen LogP) is 6.69. The third-order valence-electron chi connectivity index (χ3n) is 11.2. The van der Waals surface area contributed by atoms with Crippen molar-refractivity contribution < 1.29 is 63.9 Å². The van der Waals surface area contributed by atoms with Crippen molar-refractivity contribution in [2.75, 3.05) is 13.2 Å². The van der Waals surface area contributed by atoms with Crippen LogP contribution in [0.5, 0.6) is 0 Å². The Kier molecular flexibility index (Phi) is 29.0. The highest BCUT2D eigenvalue weighted by atomic mass is 16.8. The van der Waals surface area contributed by atoms with Crippen molar-refractivity contribution in [3.63, 3.8) is 0 Å². The maximum absolute atomic E-state index is 12.4. The van der Waals surface area contributed by atoms with E-state index in [1.807, 2.05) is 0 Å². The number of carbonyl (C=O) groups excluding carboxylic acids is 2. The van der Waals surface area contributed by atoms with Gasteiger partial charge in [-0.1, -0.05) is 142 Å². The number of aliphatic hydroxyl groups excluding tert-OH is 6. The third kappa shape index (κ3) is 22.2. The number of ether oxygens (including phenoxy) is 5. The average Bonchev–Trinajstić information content (AvgIpc) is 3.20. The van der Waals surface area contributed by atoms with E-state index in [1.165, 1.54) is 77.0 Å². The number of rotatable bonds is 33. The first-order valence-electron chi connectivity index (χ1n) is 23.0. The molecule has 0 aromatic carbocycles. The van der Waals surface area contributed by atoms with Crippen LogP contribution in [0.15, 0.2) is 12.2 Å². The summed E-state index contributed by atoms with van der Waals surface area (Å²) in [5.74, 6) is -0.222. The molecule has 0 bridgehead atoms. The van der Waals surface area contributed by atoms with Gasteiger partial charge in [0.05, 0.1) is 0 Å². The lowest BCUT2D eigenvalue weighted by Gasteiger charge is -2.44. The standard InChI is InChI=1S/C45H82O13/c1-4-5-6-7-8-9-10-11-12-13-14-17-20-23-26-29-36(46)54-31-34-38(48)40(50)42(52)44(56-34)58-45-43(53)41(51)39(49)35(57-45)32-55-37(47)30-27-24-21-18-15-16-19-22-25-28-33(2)3/h11-12,33-35,38-45,48-53H,4-10,13-32H2,1-3H3/b12-11-/t34?,35?,38-,39-,40?,41?,42?,43?,44-,45-/m1/s1. The van der Waals surface area contributed by atoms with Gasteiger partial charge < -0.3 is 54.3 Å². The Bertz CT molecular complexity index is 1070. The minimum absolute atomic E-state index is 0.180. The van der Waals surface area contributed by atoms with Gasteiger partial charge in [-0.15, -0.1) is 0 Å². The normalized spacial score (nSPS) is 27.7. The van der Waals surface area contributed by atoms with E-state index >= 15 is 0 Å². The van der Waals surface area contributed by atoms with Crippen molar-refractivity contribution in [2.24, 2.45) is 5.92 Å². The van der Waals surface area contributed by atoms with Gasteiger partial charge in [-0.3, -0.25) is 9.59 Å². The molecular weight excluding hydrogens is 748 g/mol. The van der Waals surface area contributed by atoms with Gasteiger partial charge in [-0.25, -0.2) is 0 Å². The SMILES string of the molecule is CCCCCCCC/C=C\CCCCCCCC(=O)OCC1O[C@H](O[C@H]2OC(COC(=O)CCCCCCCCCCCC(C)C)[C@@H](O)C(O)C2O)C(O)C(O)[C@@H]1O. The van der Waals surface area contributed by atoms with Crippen LogP contribution in [0.25, 0.3) is 0 Å². The van der Waals surface area contributed by atoms with Gasteiger partial charge in [0.2, 0.25) is 0 Å². The smallest absolute Gasteiger partial charge is 0.305 e. The Balaban J connectivity index is 1.65. The molecule has 340 valence electrons. The molecule has 2 fully saturated rings. The zero-order valence-corrected chi connectivity index (χ0v) is 36.1. The van der Waals surface area contributed by atoms with Gasteiger partial charge in [0.15, 0.2) is 12.6 Å². The number of hydrogen-bond acceptors (Lipinski definition) is 13. The van der Waals surface area contributed by atoms with Crippen LogP contribution in [0.2, 0.25) is 0 Å². The number of aliphatic hydroxyl groups is 6. The Morgan fingerprint density at radius 1 is 0.500 bits per heavy atom. The summed E-state index contributed by atoms with van der Waals surface area (Å²) in [6.45, 7) is 5.89. The summed E-state index contributed by atoms with van der Waals surface area (Å²) in [6, 6.07) is 0. The molecule has 10 atom stereocenters. The molecule has 0 radical (unpaired) electrons. The van der Waals surface area contributed by atoms with Crippen molar-refractivity contribution >= 4 is 11.9 Å². The van der Waals surface area contributed by atoms with Crippen LogP contribution in [0, 0.1) is 5.92 Å². The van der Waals surface area contributed by atoms with E-state index in [-0.39, 0.29) is 12.8 Å². The molecule has 0 aliphatic carbocycles. The second kappa shape index (κ2) is 32.1. The maximum Gasteiger partial charge on any atom is 0.305 e. The Labute approximate surface area is 349 Å². The number of esters is 2. The molecule has 2 rings (SSSR count). The molecule has 0 spiro atoms. The average molecular weight is 831 g/mol. The minimum atomic E-state index is -1.80. The first-order valence-corrected chi connectivity index (χ1v) is 23.0. The van der Waals surface area contributed by atoms with Crippen LogP contribution in [0.1, 0.15) is 181 Å². The van der Waals surface area contributed by atoms with Crippen LogP contribution in [0.4, 0.5) is 0 Å². The lowest BCUT2D eigenvalue weighted by Crippen LogP contribution is -2.64. The van der Waals surface area contributed by atoms with Crippen LogP contribution < -0.4 is 0 Å². The highest BCUT2D eigenvalue weighted by molar-refractivity contribution is 5.69. The molecule has 0 aromatic rings. The van der Waals surface area contributed by atoms with Crippen LogP contribution in [0.3, 0.4) is 0 Å². The first kappa shape index (κ1) is 52.5. The monoisotopic (exact) mass is 831 g/mol. The minimum Gasteiger partial charge on any atom is -0.463 e.